The normalized spacial score (nSPS) is 23.9. The van der Waals surface area contributed by atoms with Crippen LogP contribution in [0.5, 0.6) is 11.8 Å². The molecule has 0 bridgehead atoms. The summed E-state index contributed by atoms with van der Waals surface area (Å²) in [6.07, 6.45) is 0.210. The number of nitrogens with zero attached hydrogens (tertiary/aromatic N) is 5. The molecule has 2 atom stereocenters. The molecule has 0 spiro atoms. The molecule has 4 heterocycles. The summed E-state index contributed by atoms with van der Waals surface area (Å²) < 4.78 is 60.8. The third-order valence-electron chi connectivity index (χ3n) is 7.63. The molecular weight excluding hydrogens is 531 g/mol. The Balaban J connectivity index is 1.49. The van der Waals surface area contributed by atoms with E-state index >= 15 is 4.39 Å². The molecule has 2 aromatic rings. The highest BCUT2D eigenvalue weighted by Gasteiger charge is 2.49. The van der Waals surface area contributed by atoms with Gasteiger partial charge in [-0.1, -0.05) is 0 Å². The van der Waals surface area contributed by atoms with Crippen molar-refractivity contribution in [3.8, 4) is 11.8 Å². The molecule has 0 saturated carbocycles. The number of alkyl halides is 1. The molecule has 3 aliphatic rings. The highest BCUT2D eigenvalue weighted by atomic mass is 19.1. The summed E-state index contributed by atoms with van der Waals surface area (Å²) in [7, 11) is 1.25. The van der Waals surface area contributed by atoms with E-state index in [1.165, 1.54) is 7.11 Å². The topological polar surface area (TPSA) is 97.3 Å². The van der Waals surface area contributed by atoms with Crippen LogP contribution in [0.3, 0.4) is 0 Å². The monoisotopic (exact) mass is 565 g/mol. The molecule has 40 heavy (non-hydrogen) atoms. The maximum atomic E-state index is 15.1. The number of anilines is 1. The molecular formula is C27H34F3N5O5. The Morgan fingerprint density at radius 1 is 1.15 bits per heavy atom. The van der Waals surface area contributed by atoms with Gasteiger partial charge in [-0.25, -0.2) is 22.9 Å². The van der Waals surface area contributed by atoms with Crippen LogP contribution in [0.25, 0.3) is 10.9 Å². The molecule has 2 amide bonds. The van der Waals surface area contributed by atoms with E-state index in [9.17, 15) is 18.4 Å². The molecule has 0 unspecified atom stereocenters. The SMILES string of the molecule is COc1c(F)cc(F)c2nc(OC[C@@]34CCCN3C[C@H](F)C4)nc(N3CCC(=O)N(C(=O)OC(C)(C)C)CC3)c12. The smallest absolute Gasteiger partial charge is 0.417 e. The molecule has 0 radical (unpaired) electrons. The summed E-state index contributed by atoms with van der Waals surface area (Å²) in [5.74, 6) is -2.47. The van der Waals surface area contributed by atoms with Gasteiger partial charge in [-0.15, -0.1) is 0 Å². The van der Waals surface area contributed by atoms with Crippen molar-refractivity contribution in [2.45, 2.75) is 63.8 Å². The fraction of sp³-hybridized carbons (Fsp3) is 0.630. The van der Waals surface area contributed by atoms with Crippen molar-refractivity contribution in [2.24, 2.45) is 0 Å². The van der Waals surface area contributed by atoms with E-state index in [-0.39, 0.29) is 61.1 Å². The lowest BCUT2D eigenvalue weighted by Gasteiger charge is -2.31. The van der Waals surface area contributed by atoms with Crippen molar-refractivity contribution in [2.75, 3.05) is 51.3 Å². The first-order valence-corrected chi connectivity index (χ1v) is 13.4. The second-order valence-electron chi connectivity index (χ2n) is 11.6. The van der Waals surface area contributed by atoms with Gasteiger partial charge in [0.25, 0.3) is 0 Å². The van der Waals surface area contributed by atoms with E-state index in [4.69, 9.17) is 14.2 Å². The maximum absolute atomic E-state index is 15.1. The van der Waals surface area contributed by atoms with Crippen molar-refractivity contribution in [1.29, 1.82) is 0 Å². The van der Waals surface area contributed by atoms with Gasteiger partial charge in [0.15, 0.2) is 17.4 Å². The van der Waals surface area contributed by atoms with Crippen LogP contribution in [0.4, 0.5) is 23.8 Å². The van der Waals surface area contributed by atoms with E-state index in [1.807, 2.05) is 0 Å². The van der Waals surface area contributed by atoms with Crippen LogP contribution in [0.2, 0.25) is 0 Å². The molecule has 1 aromatic carbocycles. The lowest BCUT2D eigenvalue weighted by atomic mass is 9.95. The summed E-state index contributed by atoms with van der Waals surface area (Å²) in [4.78, 5) is 39.0. The van der Waals surface area contributed by atoms with Crippen LogP contribution in [0.1, 0.15) is 46.5 Å². The van der Waals surface area contributed by atoms with E-state index < -0.39 is 40.9 Å². The summed E-state index contributed by atoms with van der Waals surface area (Å²) in [6, 6.07) is 0.526. The number of hydrogen-bond donors (Lipinski definition) is 0. The zero-order valence-corrected chi connectivity index (χ0v) is 23.1. The Labute approximate surface area is 230 Å². The maximum Gasteiger partial charge on any atom is 0.417 e. The average Bonchev–Trinajstić information content (AvgIpc) is 3.31. The van der Waals surface area contributed by atoms with Gasteiger partial charge in [-0.05, 0) is 40.2 Å². The molecule has 1 aromatic heterocycles. The number of fused-ring (bicyclic) bond motifs is 2. The molecule has 3 aliphatic heterocycles. The standard InChI is InChI=1S/C27H34F3N5O5/c1-26(2,3)40-25(37)35-11-10-33(9-6-19(35)36)23-20-21(17(29)12-18(30)22(20)38-4)31-24(32-23)39-15-27-7-5-8-34(27)14-16(28)13-27/h12,16H,5-11,13-15H2,1-4H3/t16-,27+/m1/s1. The van der Waals surface area contributed by atoms with Gasteiger partial charge in [0, 0.05) is 45.1 Å². The average molecular weight is 566 g/mol. The van der Waals surface area contributed by atoms with Crippen molar-refractivity contribution in [3.05, 3.63) is 17.7 Å². The van der Waals surface area contributed by atoms with Crippen molar-refractivity contribution < 1.29 is 37.0 Å². The number of ether oxygens (including phenoxy) is 3. The zero-order chi connectivity index (χ0) is 28.8. The Hall–Kier alpha value is -3.35. The van der Waals surface area contributed by atoms with Crippen LogP contribution in [-0.2, 0) is 9.53 Å². The minimum absolute atomic E-state index is 0.0177. The fourth-order valence-corrected chi connectivity index (χ4v) is 5.86. The van der Waals surface area contributed by atoms with Gasteiger partial charge in [0.05, 0.1) is 18.0 Å². The summed E-state index contributed by atoms with van der Waals surface area (Å²) in [6.45, 7) is 6.51. The van der Waals surface area contributed by atoms with Gasteiger partial charge in [0.1, 0.15) is 29.7 Å². The van der Waals surface area contributed by atoms with E-state index in [1.54, 1.807) is 25.7 Å². The highest BCUT2D eigenvalue weighted by molar-refractivity contribution is 5.97. The number of hydrogen-bond acceptors (Lipinski definition) is 9. The lowest BCUT2D eigenvalue weighted by Crippen LogP contribution is -2.43. The first-order chi connectivity index (χ1) is 18.9. The van der Waals surface area contributed by atoms with Gasteiger partial charge >= 0.3 is 12.1 Å². The van der Waals surface area contributed by atoms with Gasteiger partial charge in [-0.3, -0.25) is 9.69 Å². The summed E-state index contributed by atoms with van der Waals surface area (Å²) in [5.41, 5.74) is -1.50. The number of rotatable bonds is 5. The van der Waals surface area contributed by atoms with Gasteiger partial charge in [-0.2, -0.15) is 9.97 Å². The molecule has 0 aliphatic carbocycles. The molecule has 0 N–H and O–H groups in total. The van der Waals surface area contributed by atoms with Crippen LogP contribution in [0, 0.1) is 11.6 Å². The number of benzene rings is 1. The Morgan fingerprint density at radius 3 is 2.65 bits per heavy atom. The number of imide groups is 1. The first kappa shape index (κ1) is 28.2. The summed E-state index contributed by atoms with van der Waals surface area (Å²) in [5, 5.41) is -0.0177. The lowest BCUT2D eigenvalue weighted by molar-refractivity contribution is -0.129. The van der Waals surface area contributed by atoms with Crippen LogP contribution >= 0.6 is 0 Å². The molecule has 13 heteroatoms. The zero-order valence-electron chi connectivity index (χ0n) is 23.1. The number of carbonyl (C=O) groups excluding carboxylic acids is 2. The third kappa shape index (κ3) is 5.35. The van der Waals surface area contributed by atoms with Crippen LogP contribution < -0.4 is 14.4 Å². The quantitative estimate of drug-likeness (QED) is 0.536. The minimum atomic E-state index is -0.954. The second-order valence-corrected chi connectivity index (χ2v) is 11.6. The minimum Gasteiger partial charge on any atom is -0.493 e. The molecule has 3 saturated heterocycles. The predicted molar refractivity (Wildman–Crippen MR) is 139 cm³/mol. The van der Waals surface area contributed by atoms with E-state index in [0.717, 1.165) is 24.3 Å². The second kappa shape index (κ2) is 10.6. The first-order valence-electron chi connectivity index (χ1n) is 13.4. The van der Waals surface area contributed by atoms with E-state index in [0.29, 0.717) is 19.0 Å². The fourth-order valence-electron chi connectivity index (χ4n) is 5.86. The number of carbonyl (C=O) groups is 2. The molecule has 218 valence electrons. The van der Waals surface area contributed by atoms with Crippen molar-refractivity contribution in [3.63, 3.8) is 0 Å². The highest BCUT2D eigenvalue weighted by Crippen LogP contribution is 2.41. The third-order valence-corrected chi connectivity index (χ3v) is 7.63. The van der Waals surface area contributed by atoms with Gasteiger partial charge < -0.3 is 19.1 Å². The number of halogens is 3. The number of methoxy groups -OCH3 is 1. The predicted octanol–water partition coefficient (Wildman–Crippen LogP) is 3.85. The number of aromatic nitrogens is 2. The largest absolute Gasteiger partial charge is 0.493 e. The number of amides is 2. The summed E-state index contributed by atoms with van der Waals surface area (Å²) >= 11 is 0. The Morgan fingerprint density at radius 2 is 1.93 bits per heavy atom. The molecule has 3 fully saturated rings. The van der Waals surface area contributed by atoms with E-state index in [2.05, 4.69) is 14.9 Å². The Kier molecular flexibility index (Phi) is 7.45. The van der Waals surface area contributed by atoms with Crippen LogP contribution in [-0.4, -0.2) is 95.5 Å². The molecule has 10 nitrogen and oxygen atoms in total. The van der Waals surface area contributed by atoms with Crippen LogP contribution in [0.15, 0.2) is 6.07 Å². The Bertz CT molecular complexity index is 1320. The van der Waals surface area contributed by atoms with Crippen molar-refractivity contribution in [1.82, 2.24) is 19.8 Å². The van der Waals surface area contributed by atoms with Gasteiger partial charge in [0.2, 0.25) is 5.91 Å². The van der Waals surface area contributed by atoms with Crippen molar-refractivity contribution >= 4 is 28.7 Å². The molecule has 5 rings (SSSR count).